The van der Waals surface area contributed by atoms with Crippen LogP contribution in [-0.4, -0.2) is 38.7 Å². The van der Waals surface area contributed by atoms with Gasteiger partial charge in [-0.15, -0.1) is 12.3 Å². The normalized spacial score (nSPS) is 15.8. The number of H-pyrrole nitrogens is 1. The number of aromatic nitrogens is 2. The number of carbonyl (C=O) groups excluding carboxylic acids is 1. The van der Waals surface area contributed by atoms with Crippen molar-refractivity contribution in [2.45, 2.75) is 43.8 Å². The van der Waals surface area contributed by atoms with Gasteiger partial charge in [0.2, 0.25) is 5.91 Å². The zero-order chi connectivity index (χ0) is 16.0. The molecule has 1 atom stereocenters. The molecule has 1 aliphatic rings. The van der Waals surface area contributed by atoms with E-state index < -0.39 is 17.7 Å². The van der Waals surface area contributed by atoms with E-state index in [-0.39, 0.29) is 18.7 Å². The molecular formula is C14H17N5O3. The van der Waals surface area contributed by atoms with Crippen LogP contribution in [0.4, 0.5) is 0 Å². The minimum atomic E-state index is -1.09. The van der Waals surface area contributed by atoms with E-state index in [1.54, 1.807) is 0 Å². The molecule has 2 heterocycles. The third kappa shape index (κ3) is 4.41. The van der Waals surface area contributed by atoms with E-state index >= 15 is 0 Å². The molecule has 1 amide bonds. The molecule has 0 spiro atoms. The van der Waals surface area contributed by atoms with E-state index in [2.05, 4.69) is 31.4 Å². The lowest BCUT2D eigenvalue weighted by atomic mass is 10.0. The van der Waals surface area contributed by atoms with Gasteiger partial charge in [-0.25, -0.2) is 9.78 Å². The number of aromatic amines is 1. The first-order chi connectivity index (χ1) is 10.5. The molecule has 0 saturated carbocycles. The quantitative estimate of drug-likeness (QED) is 0.586. The number of nitrogens with one attached hydrogen (secondary N) is 2. The van der Waals surface area contributed by atoms with Crippen molar-refractivity contribution >= 4 is 11.9 Å². The van der Waals surface area contributed by atoms with Crippen molar-refractivity contribution in [3.8, 4) is 12.3 Å². The first kappa shape index (κ1) is 15.7. The lowest BCUT2D eigenvalue weighted by molar-refractivity contribution is -0.141. The van der Waals surface area contributed by atoms with Gasteiger partial charge in [0, 0.05) is 44.0 Å². The molecule has 2 rings (SSSR count). The molecule has 3 N–H and O–H groups in total. The predicted octanol–water partition coefficient (Wildman–Crippen LogP) is 0.877. The van der Waals surface area contributed by atoms with Crippen LogP contribution in [0.5, 0.6) is 0 Å². The first-order valence-electron chi connectivity index (χ1n) is 6.91. The van der Waals surface area contributed by atoms with Gasteiger partial charge in [0.15, 0.2) is 5.66 Å². The molecule has 8 heteroatoms. The van der Waals surface area contributed by atoms with Gasteiger partial charge in [-0.05, 0) is 0 Å². The van der Waals surface area contributed by atoms with Gasteiger partial charge in [-0.2, -0.15) is 10.2 Å². The molecule has 1 aromatic rings. The predicted molar refractivity (Wildman–Crippen MR) is 76.7 cm³/mol. The SMILES string of the molecule is C#CCCC1(CCC(=O)N[C@@H](Cc2cnc[nH]2)C(=O)O)N=N1. The number of carboxylic acid groups (broad SMARTS) is 1. The number of terminal acetylenes is 1. The largest absolute Gasteiger partial charge is 0.480 e. The highest BCUT2D eigenvalue weighted by molar-refractivity contribution is 5.83. The van der Waals surface area contributed by atoms with Gasteiger partial charge in [0.25, 0.3) is 0 Å². The van der Waals surface area contributed by atoms with Gasteiger partial charge in [0.05, 0.1) is 6.33 Å². The Hall–Kier alpha value is -2.69. The summed E-state index contributed by atoms with van der Waals surface area (Å²) in [6.45, 7) is 0. The van der Waals surface area contributed by atoms with Crippen LogP contribution in [0.3, 0.4) is 0 Å². The highest BCUT2D eigenvalue weighted by atomic mass is 16.4. The van der Waals surface area contributed by atoms with E-state index in [0.717, 1.165) is 0 Å². The third-order valence-electron chi connectivity index (χ3n) is 3.42. The molecule has 0 fully saturated rings. The summed E-state index contributed by atoms with van der Waals surface area (Å²) >= 11 is 0. The van der Waals surface area contributed by atoms with Crippen LogP contribution in [-0.2, 0) is 16.0 Å². The fourth-order valence-corrected chi connectivity index (χ4v) is 2.06. The van der Waals surface area contributed by atoms with Crippen molar-refractivity contribution in [2.75, 3.05) is 0 Å². The number of aliphatic carboxylic acids is 1. The monoisotopic (exact) mass is 303 g/mol. The highest BCUT2D eigenvalue weighted by Gasteiger charge is 2.39. The summed E-state index contributed by atoms with van der Waals surface area (Å²) in [6, 6.07) is -0.998. The Bertz CT molecular complexity index is 596. The molecule has 116 valence electrons. The van der Waals surface area contributed by atoms with Crippen molar-refractivity contribution in [3.05, 3.63) is 18.2 Å². The van der Waals surface area contributed by atoms with E-state index in [1.165, 1.54) is 12.5 Å². The summed E-state index contributed by atoms with van der Waals surface area (Å²) in [4.78, 5) is 29.7. The second kappa shape index (κ2) is 6.85. The number of hydrogen-bond donors (Lipinski definition) is 3. The maximum Gasteiger partial charge on any atom is 0.326 e. The molecule has 0 aromatic carbocycles. The number of amides is 1. The Labute approximate surface area is 127 Å². The Morgan fingerprint density at radius 2 is 2.23 bits per heavy atom. The molecule has 0 aliphatic carbocycles. The Kier molecular flexibility index (Phi) is 4.88. The van der Waals surface area contributed by atoms with Gasteiger partial charge in [-0.1, -0.05) is 0 Å². The van der Waals surface area contributed by atoms with Crippen molar-refractivity contribution in [2.24, 2.45) is 10.2 Å². The summed E-state index contributed by atoms with van der Waals surface area (Å²) in [5, 5.41) is 19.5. The second-order valence-corrected chi connectivity index (χ2v) is 5.13. The van der Waals surface area contributed by atoms with Crippen molar-refractivity contribution < 1.29 is 14.7 Å². The zero-order valence-electron chi connectivity index (χ0n) is 12.0. The molecule has 0 saturated heterocycles. The summed E-state index contributed by atoms with van der Waals surface area (Å²) in [6.07, 6.45) is 10.1. The number of imidazole rings is 1. The standard InChI is InChI=1S/C14H17N5O3/c1-2-3-5-14(18-19-14)6-4-12(20)17-11(13(21)22)7-10-8-15-9-16-10/h1,8-9,11H,3-7H2,(H,15,16)(H,17,20)(H,21,22)/t11-/m0/s1. The van der Waals surface area contributed by atoms with Crippen LogP contribution >= 0.6 is 0 Å². The maximum atomic E-state index is 11.9. The summed E-state index contributed by atoms with van der Waals surface area (Å²) in [5.41, 5.74) is 0.108. The van der Waals surface area contributed by atoms with E-state index in [1.807, 2.05) is 0 Å². The average molecular weight is 303 g/mol. The molecule has 1 aromatic heterocycles. The minimum absolute atomic E-state index is 0.151. The number of nitrogens with zero attached hydrogens (tertiary/aromatic N) is 3. The number of carboxylic acids is 1. The Balaban J connectivity index is 1.79. The summed E-state index contributed by atoms with van der Waals surface area (Å²) in [7, 11) is 0. The molecule has 0 radical (unpaired) electrons. The van der Waals surface area contributed by atoms with Gasteiger partial charge in [0.1, 0.15) is 6.04 Å². The van der Waals surface area contributed by atoms with Crippen molar-refractivity contribution in [1.82, 2.24) is 15.3 Å². The molecular weight excluding hydrogens is 286 g/mol. The zero-order valence-corrected chi connectivity index (χ0v) is 12.0. The number of carbonyl (C=O) groups is 2. The minimum Gasteiger partial charge on any atom is -0.480 e. The van der Waals surface area contributed by atoms with Crippen LogP contribution in [0, 0.1) is 12.3 Å². The average Bonchev–Trinajstić information content (AvgIpc) is 3.08. The Morgan fingerprint density at radius 3 is 2.77 bits per heavy atom. The van der Waals surface area contributed by atoms with E-state index in [0.29, 0.717) is 25.0 Å². The molecule has 8 nitrogen and oxygen atoms in total. The Morgan fingerprint density at radius 1 is 1.45 bits per heavy atom. The summed E-state index contributed by atoms with van der Waals surface area (Å²) in [5.74, 6) is 1.08. The number of hydrogen-bond acceptors (Lipinski definition) is 5. The van der Waals surface area contributed by atoms with Crippen molar-refractivity contribution in [3.63, 3.8) is 0 Å². The molecule has 1 aliphatic heterocycles. The summed E-state index contributed by atoms with van der Waals surface area (Å²) < 4.78 is 0. The number of rotatable bonds is 9. The fourth-order valence-electron chi connectivity index (χ4n) is 2.06. The van der Waals surface area contributed by atoms with Crippen molar-refractivity contribution in [1.29, 1.82) is 0 Å². The smallest absolute Gasteiger partial charge is 0.326 e. The third-order valence-corrected chi connectivity index (χ3v) is 3.42. The van der Waals surface area contributed by atoms with Gasteiger partial charge < -0.3 is 15.4 Å². The van der Waals surface area contributed by atoms with Gasteiger partial charge in [-0.3, -0.25) is 4.79 Å². The molecule has 22 heavy (non-hydrogen) atoms. The fraction of sp³-hybridized carbons (Fsp3) is 0.500. The molecule has 0 unspecified atom stereocenters. The van der Waals surface area contributed by atoms with Crippen LogP contribution in [0.25, 0.3) is 0 Å². The van der Waals surface area contributed by atoms with Crippen LogP contribution in [0.2, 0.25) is 0 Å². The lowest BCUT2D eigenvalue weighted by Gasteiger charge is -2.14. The van der Waals surface area contributed by atoms with Gasteiger partial charge >= 0.3 is 5.97 Å². The maximum absolute atomic E-state index is 11.9. The topological polar surface area (TPSA) is 120 Å². The van der Waals surface area contributed by atoms with E-state index in [4.69, 9.17) is 11.5 Å². The van der Waals surface area contributed by atoms with Crippen LogP contribution in [0.15, 0.2) is 22.8 Å². The first-order valence-corrected chi connectivity index (χ1v) is 6.91. The molecule has 0 bridgehead atoms. The van der Waals surface area contributed by atoms with E-state index in [9.17, 15) is 9.59 Å². The highest BCUT2D eigenvalue weighted by Crippen LogP contribution is 2.37. The second-order valence-electron chi connectivity index (χ2n) is 5.13. The van der Waals surface area contributed by atoms with Crippen LogP contribution in [0.1, 0.15) is 31.4 Å². The lowest BCUT2D eigenvalue weighted by Crippen LogP contribution is -2.42. The van der Waals surface area contributed by atoms with Crippen LogP contribution < -0.4 is 5.32 Å².